The number of aryl methyl sites for hydroxylation is 1. The number of hydrogen-bond donors (Lipinski definition) is 3. The first-order valence-corrected chi connectivity index (χ1v) is 10.0. The summed E-state index contributed by atoms with van der Waals surface area (Å²) in [4.78, 5) is 7.81. The number of nitrogens with zero attached hydrogens (tertiary/aromatic N) is 1. The third kappa shape index (κ3) is 3.48. The van der Waals surface area contributed by atoms with Crippen molar-refractivity contribution in [2.75, 3.05) is 7.05 Å². The van der Waals surface area contributed by atoms with Gasteiger partial charge in [-0.05, 0) is 55.0 Å². The number of benzene rings is 2. The Hall–Kier alpha value is -2.85. The Morgan fingerprint density at radius 1 is 1.25 bits per heavy atom. The molecular formula is C24H28N4. The first-order chi connectivity index (χ1) is 13.7. The Labute approximate surface area is 166 Å². The van der Waals surface area contributed by atoms with Crippen LogP contribution in [-0.2, 0) is 6.42 Å². The molecule has 0 amide bonds. The molecule has 4 rings (SSSR count). The van der Waals surface area contributed by atoms with Crippen LogP contribution in [0.5, 0.6) is 0 Å². The molecule has 2 atom stereocenters. The molecule has 144 valence electrons. The standard InChI is InChI=1S/C24H28N4/c1-16(17-7-4-3-5-8-17)27-23-10-6-9-20-21-13-18(19(14-25)15-26-2)11-12-22(21)28-24(20)23/h3-5,7-8,11-16,23,27-28H,6,9-10,25H2,1-2H3. The largest absolute Gasteiger partial charge is 0.404 e. The van der Waals surface area contributed by atoms with E-state index >= 15 is 0 Å². The Balaban J connectivity index is 1.67. The molecule has 0 saturated heterocycles. The molecule has 2 unspecified atom stereocenters. The topological polar surface area (TPSA) is 66.2 Å². The Kier molecular flexibility index (Phi) is 5.31. The summed E-state index contributed by atoms with van der Waals surface area (Å²) in [7, 11) is 1.77. The van der Waals surface area contributed by atoms with Crippen LogP contribution in [0.1, 0.15) is 54.2 Å². The van der Waals surface area contributed by atoms with Gasteiger partial charge in [0, 0.05) is 53.7 Å². The van der Waals surface area contributed by atoms with Crippen molar-refractivity contribution in [2.45, 2.75) is 38.3 Å². The maximum Gasteiger partial charge on any atom is 0.0480 e. The number of allylic oxidation sites excluding steroid dienone is 1. The van der Waals surface area contributed by atoms with E-state index in [4.69, 9.17) is 5.73 Å². The van der Waals surface area contributed by atoms with Gasteiger partial charge in [0.05, 0.1) is 0 Å². The summed E-state index contributed by atoms with van der Waals surface area (Å²) in [5.74, 6) is 0. The van der Waals surface area contributed by atoms with Gasteiger partial charge in [-0.3, -0.25) is 4.99 Å². The molecule has 4 nitrogen and oxygen atoms in total. The van der Waals surface area contributed by atoms with Crippen LogP contribution in [0.3, 0.4) is 0 Å². The number of nitrogens with two attached hydrogens (primary N) is 1. The van der Waals surface area contributed by atoms with Gasteiger partial charge in [-0.25, -0.2) is 0 Å². The molecule has 3 aromatic rings. The predicted octanol–water partition coefficient (Wildman–Crippen LogP) is 4.90. The van der Waals surface area contributed by atoms with Gasteiger partial charge in [0.1, 0.15) is 0 Å². The molecule has 1 aliphatic rings. The number of aliphatic imine (C=N–C) groups is 1. The Bertz CT molecular complexity index is 1010. The van der Waals surface area contributed by atoms with Crippen molar-refractivity contribution in [3.8, 4) is 0 Å². The van der Waals surface area contributed by atoms with Crippen molar-refractivity contribution in [1.29, 1.82) is 0 Å². The van der Waals surface area contributed by atoms with Crippen molar-refractivity contribution in [1.82, 2.24) is 10.3 Å². The smallest absolute Gasteiger partial charge is 0.0480 e. The van der Waals surface area contributed by atoms with Gasteiger partial charge < -0.3 is 16.0 Å². The van der Waals surface area contributed by atoms with Gasteiger partial charge in [-0.2, -0.15) is 0 Å². The molecule has 0 aliphatic heterocycles. The van der Waals surface area contributed by atoms with Gasteiger partial charge in [-0.1, -0.05) is 36.4 Å². The molecule has 0 saturated carbocycles. The van der Waals surface area contributed by atoms with Gasteiger partial charge in [0.2, 0.25) is 0 Å². The molecule has 1 heterocycles. The zero-order chi connectivity index (χ0) is 19.5. The second-order valence-corrected chi connectivity index (χ2v) is 7.53. The molecule has 4 heteroatoms. The molecule has 2 aromatic carbocycles. The van der Waals surface area contributed by atoms with Crippen LogP contribution in [0.15, 0.2) is 59.7 Å². The number of hydrogen-bond acceptors (Lipinski definition) is 3. The van der Waals surface area contributed by atoms with E-state index in [1.54, 1.807) is 13.2 Å². The first-order valence-electron chi connectivity index (χ1n) is 10.0. The van der Waals surface area contributed by atoms with E-state index in [2.05, 4.69) is 70.7 Å². The number of aromatic amines is 1. The molecule has 0 bridgehead atoms. The van der Waals surface area contributed by atoms with E-state index in [-0.39, 0.29) is 0 Å². The van der Waals surface area contributed by atoms with Crippen molar-refractivity contribution in [3.05, 3.63) is 77.1 Å². The molecule has 4 N–H and O–H groups in total. The van der Waals surface area contributed by atoms with Crippen molar-refractivity contribution >= 4 is 22.7 Å². The van der Waals surface area contributed by atoms with Gasteiger partial charge in [0.25, 0.3) is 0 Å². The number of rotatable bonds is 5. The highest BCUT2D eigenvalue weighted by Gasteiger charge is 2.25. The number of H-pyrrole nitrogens is 1. The highest BCUT2D eigenvalue weighted by Crippen LogP contribution is 2.36. The highest BCUT2D eigenvalue weighted by atomic mass is 15.0. The van der Waals surface area contributed by atoms with Crippen LogP contribution < -0.4 is 11.1 Å². The maximum atomic E-state index is 5.81. The quantitative estimate of drug-likeness (QED) is 0.558. The summed E-state index contributed by atoms with van der Waals surface area (Å²) in [6, 6.07) is 17.8. The fourth-order valence-corrected chi connectivity index (χ4v) is 4.30. The first kappa shape index (κ1) is 18.5. The van der Waals surface area contributed by atoms with E-state index in [9.17, 15) is 0 Å². The fraction of sp³-hybridized carbons (Fsp3) is 0.292. The van der Waals surface area contributed by atoms with Crippen molar-refractivity contribution in [2.24, 2.45) is 10.7 Å². The summed E-state index contributed by atoms with van der Waals surface area (Å²) in [6.07, 6.45) is 6.89. The van der Waals surface area contributed by atoms with E-state index < -0.39 is 0 Å². The minimum absolute atomic E-state index is 0.312. The molecule has 0 radical (unpaired) electrons. The van der Waals surface area contributed by atoms with Crippen LogP contribution in [0.2, 0.25) is 0 Å². The molecule has 0 spiro atoms. The summed E-state index contributed by atoms with van der Waals surface area (Å²) < 4.78 is 0. The summed E-state index contributed by atoms with van der Waals surface area (Å²) in [5.41, 5.74) is 13.2. The molecule has 1 aromatic heterocycles. The summed E-state index contributed by atoms with van der Waals surface area (Å²) >= 11 is 0. The highest BCUT2D eigenvalue weighted by molar-refractivity contribution is 6.10. The van der Waals surface area contributed by atoms with Crippen LogP contribution >= 0.6 is 0 Å². The van der Waals surface area contributed by atoms with E-state index in [0.717, 1.165) is 24.0 Å². The van der Waals surface area contributed by atoms with Crippen LogP contribution in [0, 0.1) is 0 Å². The third-order valence-electron chi connectivity index (χ3n) is 5.74. The SMILES string of the molecule is CN=CC(=CN)c1ccc2[nH]c3c(c2c1)CCCC3NC(C)c1ccccc1. The van der Waals surface area contributed by atoms with Crippen LogP contribution in [-0.4, -0.2) is 18.2 Å². The molecule has 1 aliphatic carbocycles. The second-order valence-electron chi connectivity index (χ2n) is 7.53. The lowest BCUT2D eigenvalue weighted by Gasteiger charge is -2.27. The zero-order valence-corrected chi connectivity index (χ0v) is 16.6. The summed E-state index contributed by atoms with van der Waals surface area (Å²) in [6.45, 7) is 2.24. The average molecular weight is 373 g/mol. The van der Waals surface area contributed by atoms with Crippen LogP contribution in [0.25, 0.3) is 16.5 Å². The van der Waals surface area contributed by atoms with E-state index in [0.29, 0.717) is 12.1 Å². The minimum Gasteiger partial charge on any atom is -0.404 e. The van der Waals surface area contributed by atoms with Crippen molar-refractivity contribution in [3.63, 3.8) is 0 Å². The molecule has 0 fully saturated rings. The monoisotopic (exact) mass is 372 g/mol. The maximum absolute atomic E-state index is 5.81. The van der Waals surface area contributed by atoms with E-state index in [1.165, 1.54) is 34.1 Å². The van der Waals surface area contributed by atoms with Crippen LogP contribution in [0.4, 0.5) is 0 Å². The number of fused-ring (bicyclic) bond motifs is 3. The lowest BCUT2D eigenvalue weighted by Crippen LogP contribution is -2.27. The second kappa shape index (κ2) is 8.03. The Morgan fingerprint density at radius 2 is 2.07 bits per heavy atom. The van der Waals surface area contributed by atoms with Gasteiger partial charge >= 0.3 is 0 Å². The molecule has 28 heavy (non-hydrogen) atoms. The number of aromatic nitrogens is 1. The van der Waals surface area contributed by atoms with Gasteiger partial charge in [-0.15, -0.1) is 0 Å². The number of nitrogens with one attached hydrogen (secondary N) is 2. The summed E-state index contributed by atoms with van der Waals surface area (Å²) in [5, 5.41) is 5.14. The van der Waals surface area contributed by atoms with Crippen molar-refractivity contribution < 1.29 is 0 Å². The normalized spacial score (nSPS) is 18.5. The third-order valence-corrected chi connectivity index (χ3v) is 5.74. The zero-order valence-electron chi connectivity index (χ0n) is 16.6. The van der Waals surface area contributed by atoms with E-state index in [1.807, 2.05) is 6.21 Å². The average Bonchev–Trinajstić information content (AvgIpc) is 3.11. The lowest BCUT2D eigenvalue weighted by molar-refractivity contribution is 0.410. The Morgan fingerprint density at radius 3 is 2.82 bits per heavy atom. The molecular weight excluding hydrogens is 344 g/mol. The fourth-order valence-electron chi connectivity index (χ4n) is 4.30. The van der Waals surface area contributed by atoms with Gasteiger partial charge in [0.15, 0.2) is 0 Å². The lowest BCUT2D eigenvalue weighted by atomic mass is 9.90. The predicted molar refractivity (Wildman–Crippen MR) is 119 cm³/mol. The minimum atomic E-state index is 0.312.